The van der Waals surface area contributed by atoms with Crippen LogP contribution in [0, 0.1) is 6.92 Å². The third-order valence-electron chi connectivity index (χ3n) is 3.29. The first kappa shape index (κ1) is 12.5. The van der Waals surface area contributed by atoms with E-state index in [2.05, 4.69) is 25.4 Å². The fourth-order valence-corrected chi connectivity index (χ4v) is 2.25. The van der Waals surface area contributed by atoms with Gasteiger partial charge in [0.2, 0.25) is 0 Å². The number of anilines is 2. The molecule has 22 heavy (non-hydrogen) atoms. The molecule has 0 fully saturated rings. The maximum atomic E-state index is 4.40. The van der Waals surface area contributed by atoms with Crippen molar-refractivity contribution in [2.75, 3.05) is 5.32 Å². The summed E-state index contributed by atoms with van der Waals surface area (Å²) in [5, 5.41) is 7.56. The molecule has 0 unspecified atom stereocenters. The minimum atomic E-state index is 0.718. The largest absolute Gasteiger partial charge is 0.351 e. The quantitative estimate of drug-likeness (QED) is 0.627. The number of imidazole rings is 1. The summed E-state index contributed by atoms with van der Waals surface area (Å²) in [6.45, 7) is 1.84. The average molecular weight is 291 g/mol. The van der Waals surface area contributed by atoms with E-state index < -0.39 is 0 Å². The summed E-state index contributed by atoms with van der Waals surface area (Å²) in [5.41, 5.74) is 2.69. The molecule has 4 rings (SSSR count). The van der Waals surface area contributed by atoms with Crippen LogP contribution in [0.1, 0.15) is 5.82 Å². The van der Waals surface area contributed by atoms with Crippen molar-refractivity contribution in [3.8, 4) is 5.82 Å². The predicted molar refractivity (Wildman–Crippen MR) is 82.4 cm³/mol. The average Bonchev–Trinajstić information content (AvgIpc) is 3.17. The molecule has 7 nitrogen and oxygen atoms in total. The lowest BCUT2D eigenvalue weighted by atomic mass is 10.3. The highest BCUT2D eigenvalue weighted by molar-refractivity contribution is 5.73. The van der Waals surface area contributed by atoms with E-state index in [1.165, 1.54) is 0 Å². The highest BCUT2D eigenvalue weighted by Crippen LogP contribution is 2.20. The van der Waals surface area contributed by atoms with Gasteiger partial charge in [-0.25, -0.2) is 19.6 Å². The van der Waals surface area contributed by atoms with Gasteiger partial charge in [0, 0.05) is 18.6 Å². The lowest BCUT2D eigenvalue weighted by Crippen LogP contribution is -2.00. The van der Waals surface area contributed by atoms with E-state index in [9.17, 15) is 0 Å². The SMILES string of the molecule is Cc1ncn(-c2ccc(Nc3cccn4ccnc34)cn2)n1. The molecular weight excluding hydrogens is 278 g/mol. The number of fused-ring (bicyclic) bond motifs is 1. The van der Waals surface area contributed by atoms with E-state index in [0.717, 1.165) is 28.7 Å². The van der Waals surface area contributed by atoms with Gasteiger partial charge in [0.25, 0.3) is 0 Å². The Kier molecular flexibility index (Phi) is 2.82. The van der Waals surface area contributed by atoms with Crippen LogP contribution < -0.4 is 5.32 Å². The Labute approximate surface area is 126 Å². The molecule has 108 valence electrons. The van der Waals surface area contributed by atoms with E-state index >= 15 is 0 Å². The van der Waals surface area contributed by atoms with Crippen molar-refractivity contribution < 1.29 is 0 Å². The molecule has 4 heterocycles. The molecule has 7 heteroatoms. The maximum Gasteiger partial charge on any atom is 0.160 e. The van der Waals surface area contributed by atoms with Gasteiger partial charge in [-0.2, -0.15) is 5.10 Å². The van der Waals surface area contributed by atoms with Crippen LogP contribution in [0.3, 0.4) is 0 Å². The second-order valence-electron chi connectivity index (χ2n) is 4.85. The maximum absolute atomic E-state index is 4.40. The van der Waals surface area contributed by atoms with Crippen LogP contribution in [-0.2, 0) is 0 Å². The third kappa shape index (κ3) is 2.18. The van der Waals surface area contributed by atoms with Crippen molar-refractivity contribution in [2.45, 2.75) is 6.92 Å². The summed E-state index contributed by atoms with van der Waals surface area (Å²) in [7, 11) is 0. The van der Waals surface area contributed by atoms with Gasteiger partial charge in [0.1, 0.15) is 12.2 Å². The normalized spacial score (nSPS) is 11.0. The molecule has 0 saturated heterocycles. The van der Waals surface area contributed by atoms with Crippen LogP contribution in [0.4, 0.5) is 11.4 Å². The second-order valence-corrected chi connectivity index (χ2v) is 4.85. The van der Waals surface area contributed by atoms with E-state index in [0.29, 0.717) is 0 Å². The molecule has 0 spiro atoms. The molecule has 0 amide bonds. The molecule has 1 N–H and O–H groups in total. The van der Waals surface area contributed by atoms with Crippen LogP contribution in [-0.4, -0.2) is 29.1 Å². The second kappa shape index (κ2) is 4.96. The zero-order valence-electron chi connectivity index (χ0n) is 11.9. The summed E-state index contributed by atoms with van der Waals surface area (Å²) in [6, 6.07) is 7.79. The van der Waals surface area contributed by atoms with Crippen molar-refractivity contribution in [2.24, 2.45) is 0 Å². The molecule has 0 aliphatic heterocycles. The van der Waals surface area contributed by atoms with Crippen molar-refractivity contribution in [3.05, 3.63) is 61.2 Å². The Balaban J connectivity index is 1.62. The van der Waals surface area contributed by atoms with E-state index in [4.69, 9.17) is 0 Å². The van der Waals surface area contributed by atoms with Gasteiger partial charge in [-0.05, 0) is 31.2 Å². The smallest absolute Gasteiger partial charge is 0.160 e. The van der Waals surface area contributed by atoms with Gasteiger partial charge < -0.3 is 9.72 Å². The Morgan fingerprint density at radius 3 is 2.77 bits per heavy atom. The zero-order chi connectivity index (χ0) is 14.9. The van der Waals surface area contributed by atoms with E-state index in [1.54, 1.807) is 23.4 Å². The van der Waals surface area contributed by atoms with E-state index in [-0.39, 0.29) is 0 Å². The van der Waals surface area contributed by atoms with Crippen LogP contribution >= 0.6 is 0 Å². The van der Waals surface area contributed by atoms with Gasteiger partial charge in [-0.3, -0.25) is 0 Å². The number of nitrogens with zero attached hydrogens (tertiary/aromatic N) is 6. The van der Waals surface area contributed by atoms with Gasteiger partial charge in [-0.1, -0.05) is 0 Å². The lowest BCUT2D eigenvalue weighted by molar-refractivity contribution is 0.833. The van der Waals surface area contributed by atoms with Crippen molar-refractivity contribution in [3.63, 3.8) is 0 Å². The number of hydrogen-bond acceptors (Lipinski definition) is 5. The number of nitrogens with one attached hydrogen (secondary N) is 1. The third-order valence-corrected chi connectivity index (χ3v) is 3.29. The standard InChI is InChI=1S/C15H13N7/c1-11-18-10-22(20-11)14-5-4-12(9-17-14)19-13-3-2-7-21-8-6-16-15(13)21/h2-10,19H,1H3. The number of hydrogen-bond donors (Lipinski definition) is 1. The van der Waals surface area contributed by atoms with Gasteiger partial charge in [-0.15, -0.1) is 0 Å². The molecule has 0 radical (unpaired) electrons. The van der Waals surface area contributed by atoms with Crippen LogP contribution in [0.5, 0.6) is 0 Å². The molecule has 0 atom stereocenters. The van der Waals surface area contributed by atoms with Gasteiger partial charge >= 0.3 is 0 Å². The Bertz CT molecular complexity index is 920. The summed E-state index contributed by atoms with van der Waals surface area (Å²) < 4.78 is 3.61. The molecule has 4 aromatic heterocycles. The fourth-order valence-electron chi connectivity index (χ4n) is 2.25. The van der Waals surface area contributed by atoms with Crippen LogP contribution in [0.2, 0.25) is 0 Å². The Morgan fingerprint density at radius 2 is 2.00 bits per heavy atom. The first-order valence-corrected chi connectivity index (χ1v) is 6.83. The molecule has 0 aromatic carbocycles. The Hall–Kier alpha value is -3.22. The summed E-state index contributed by atoms with van der Waals surface area (Å²) >= 11 is 0. The fraction of sp³-hybridized carbons (Fsp3) is 0.0667. The summed E-state index contributed by atoms with van der Waals surface area (Å²) in [6.07, 6.45) is 9.06. The molecule has 0 saturated carbocycles. The monoisotopic (exact) mass is 291 g/mol. The predicted octanol–water partition coefficient (Wildman–Crippen LogP) is 2.36. The molecule has 0 aliphatic rings. The van der Waals surface area contributed by atoms with Crippen LogP contribution in [0.25, 0.3) is 11.5 Å². The first-order chi connectivity index (χ1) is 10.8. The summed E-state index contributed by atoms with van der Waals surface area (Å²) in [4.78, 5) is 12.8. The Morgan fingerprint density at radius 1 is 1.05 bits per heavy atom. The lowest BCUT2D eigenvalue weighted by Gasteiger charge is -2.08. The first-order valence-electron chi connectivity index (χ1n) is 6.83. The van der Waals surface area contributed by atoms with Crippen molar-refractivity contribution >= 4 is 17.0 Å². The highest BCUT2D eigenvalue weighted by atomic mass is 15.4. The minimum Gasteiger partial charge on any atom is -0.351 e. The number of rotatable bonds is 3. The van der Waals surface area contributed by atoms with E-state index in [1.807, 2.05) is 48.0 Å². The van der Waals surface area contributed by atoms with Crippen molar-refractivity contribution in [1.29, 1.82) is 0 Å². The highest BCUT2D eigenvalue weighted by Gasteiger charge is 2.04. The van der Waals surface area contributed by atoms with Crippen LogP contribution in [0.15, 0.2) is 55.4 Å². The van der Waals surface area contributed by atoms with Gasteiger partial charge in [0.05, 0.1) is 17.6 Å². The molecule has 0 aliphatic carbocycles. The number of aryl methyl sites for hydroxylation is 1. The molecular formula is C15H13N7. The number of aromatic nitrogens is 6. The van der Waals surface area contributed by atoms with Gasteiger partial charge in [0.15, 0.2) is 11.5 Å². The summed E-state index contributed by atoms with van der Waals surface area (Å²) in [5.74, 6) is 1.44. The molecule has 4 aromatic rings. The zero-order valence-corrected chi connectivity index (χ0v) is 11.9. The number of pyridine rings is 2. The molecule has 0 bridgehead atoms. The topological polar surface area (TPSA) is 72.9 Å². The van der Waals surface area contributed by atoms with Crippen molar-refractivity contribution in [1.82, 2.24) is 29.1 Å². The minimum absolute atomic E-state index is 0.718.